The number of benzene rings is 1. The minimum atomic E-state index is -0.878. The third-order valence-electron chi connectivity index (χ3n) is 8.96. The lowest BCUT2D eigenvalue weighted by Crippen LogP contribution is -2.40. The summed E-state index contributed by atoms with van der Waals surface area (Å²) in [6.45, 7) is 1.84. The van der Waals surface area contributed by atoms with Gasteiger partial charge in [-0.2, -0.15) is 0 Å². The van der Waals surface area contributed by atoms with Crippen LogP contribution in [0.2, 0.25) is 0 Å². The molecular weight excluding hydrogens is 554 g/mol. The molecule has 0 radical (unpaired) electrons. The van der Waals surface area contributed by atoms with Crippen LogP contribution in [0.15, 0.2) is 52.7 Å². The van der Waals surface area contributed by atoms with Gasteiger partial charge in [-0.3, -0.25) is 28.9 Å². The van der Waals surface area contributed by atoms with Gasteiger partial charge in [0.2, 0.25) is 17.6 Å². The second-order valence-corrected chi connectivity index (χ2v) is 11.4. The second kappa shape index (κ2) is 12.0. The zero-order chi connectivity index (χ0) is 31.0. The van der Waals surface area contributed by atoms with Crippen LogP contribution in [0.4, 0.5) is 0 Å². The van der Waals surface area contributed by atoms with Crippen LogP contribution in [0.25, 0.3) is 6.08 Å². The van der Waals surface area contributed by atoms with Crippen LogP contribution in [0.3, 0.4) is 0 Å². The van der Waals surface area contributed by atoms with E-state index in [2.05, 4.69) is 0 Å². The Morgan fingerprint density at radius 2 is 1.72 bits per heavy atom. The molecule has 1 aromatic carbocycles. The van der Waals surface area contributed by atoms with Gasteiger partial charge in [-0.1, -0.05) is 30.2 Å². The fraction of sp³-hybridized carbons (Fsp3) is 0.424. The average Bonchev–Trinajstić information content (AvgIpc) is 3.23. The summed E-state index contributed by atoms with van der Waals surface area (Å²) in [5, 5.41) is 19.2. The number of amides is 2. The topological polar surface area (TPSA) is 148 Å². The Morgan fingerprint density at radius 1 is 1.02 bits per heavy atom. The number of aromatic hydroxyl groups is 1. The largest absolute Gasteiger partial charge is 0.502 e. The number of carbonyl (C=O) groups excluding carboxylic acids is 4. The first kappa shape index (κ1) is 30.0. The predicted molar refractivity (Wildman–Crippen MR) is 155 cm³/mol. The lowest BCUT2D eigenvalue weighted by atomic mass is 9.60. The number of ketones is 2. The van der Waals surface area contributed by atoms with Crippen molar-refractivity contribution in [2.24, 2.45) is 23.7 Å². The average molecular weight is 590 g/mol. The standard InChI is InChI=1S/C33H35NO9/c1-17-13-24(35)28-20(9-8-18-14-25(42-2)31(39)26(15-18)43-3)19-10-11-21-29(22(19)16-23(28)30(17)38)33(41)34(32(21)40)12-6-4-5-7-27(36)37/h8-10,13-15,20-22,29,39H,4-7,11-12,16H2,1-3H3,(H,36,37). The quantitative estimate of drug-likeness (QED) is 0.179. The van der Waals surface area contributed by atoms with Gasteiger partial charge in [-0.25, -0.2) is 0 Å². The number of ether oxygens (including phenoxy) is 2. The number of imide groups is 1. The number of phenols is 1. The lowest BCUT2D eigenvalue weighted by molar-refractivity contribution is -0.141. The van der Waals surface area contributed by atoms with E-state index >= 15 is 0 Å². The van der Waals surface area contributed by atoms with Gasteiger partial charge in [-0.15, -0.1) is 0 Å². The molecular formula is C33H35NO9. The zero-order valence-electron chi connectivity index (χ0n) is 24.4. The van der Waals surface area contributed by atoms with E-state index < -0.39 is 29.6 Å². The maximum Gasteiger partial charge on any atom is 0.303 e. The fourth-order valence-electron chi connectivity index (χ4n) is 6.89. The first-order valence-corrected chi connectivity index (χ1v) is 14.5. The Bertz CT molecular complexity index is 1500. The zero-order valence-corrected chi connectivity index (χ0v) is 24.4. The summed E-state index contributed by atoms with van der Waals surface area (Å²) >= 11 is 0. The van der Waals surface area contributed by atoms with Crippen molar-refractivity contribution >= 4 is 35.4 Å². The van der Waals surface area contributed by atoms with E-state index in [0.29, 0.717) is 48.0 Å². The molecule has 4 unspecified atom stereocenters. The van der Waals surface area contributed by atoms with E-state index in [9.17, 15) is 29.1 Å². The number of carboxylic acid groups (broad SMARTS) is 1. The van der Waals surface area contributed by atoms with Crippen molar-refractivity contribution in [3.63, 3.8) is 0 Å². The highest BCUT2D eigenvalue weighted by Crippen LogP contribution is 2.52. The second-order valence-electron chi connectivity index (χ2n) is 11.4. The fourth-order valence-corrected chi connectivity index (χ4v) is 6.89. The molecule has 10 nitrogen and oxygen atoms in total. The number of unbranched alkanes of at least 4 members (excludes halogenated alkanes) is 2. The SMILES string of the molecule is COc1cc(C=CC2C3=CCC4C(=O)N(CCCCCC(=O)O)C(=O)C4C3CC3=C2C(=O)C=C(C)C3=O)cc(OC)c1O. The molecule has 1 saturated heterocycles. The molecule has 0 aromatic heterocycles. The van der Waals surface area contributed by atoms with Crippen LogP contribution in [0.5, 0.6) is 17.2 Å². The number of nitrogens with zero attached hydrogens (tertiary/aromatic N) is 1. The molecule has 5 rings (SSSR count). The van der Waals surface area contributed by atoms with Crippen molar-refractivity contribution in [2.45, 2.75) is 45.4 Å². The lowest BCUT2D eigenvalue weighted by Gasteiger charge is -2.41. The van der Waals surface area contributed by atoms with Gasteiger partial charge in [0, 0.05) is 35.6 Å². The maximum absolute atomic E-state index is 13.7. The summed E-state index contributed by atoms with van der Waals surface area (Å²) in [4.78, 5) is 65.9. The minimum absolute atomic E-state index is 0.0408. The number of carboxylic acids is 1. The smallest absolute Gasteiger partial charge is 0.303 e. The number of methoxy groups -OCH3 is 2. The van der Waals surface area contributed by atoms with Crippen LogP contribution in [-0.2, 0) is 24.0 Å². The van der Waals surface area contributed by atoms with Crippen LogP contribution >= 0.6 is 0 Å². The third-order valence-corrected chi connectivity index (χ3v) is 8.96. The molecule has 0 bridgehead atoms. The molecule has 43 heavy (non-hydrogen) atoms. The summed E-state index contributed by atoms with van der Waals surface area (Å²) < 4.78 is 10.5. The molecule has 4 atom stereocenters. The van der Waals surface area contributed by atoms with Crippen molar-refractivity contribution in [1.82, 2.24) is 4.90 Å². The molecule has 4 aliphatic rings. The van der Waals surface area contributed by atoms with Crippen molar-refractivity contribution in [3.05, 3.63) is 58.2 Å². The molecule has 226 valence electrons. The molecule has 0 saturated carbocycles. The summed E-state index contributed by atoms with van der Waals surface area (Å²) in [5.41, 5.74) is 2.59. The van der Waals surface area contributed by atoms with Gasteiger partial charge in [0.15, 0.2) is 23.1 Å². The highest BCUT2D eigenvalue weighted by atomic mass is 16.5. The number of hydrogen-bond donors (Lipinski definition) is 2. The molecule has 3 aliphatic carbocycles. The Morgan fingerprint density at radius 3 is 2.37 bits per heavy atom. The number of fused-ring (bicyclic) bond motifs is 3. The monoisotopic (exact) mass is 589 g/mol. The van der Waals surface area contributed by atoms with Gasteiger partial charge < -0.3 is 19.7 Å². The summed E-state index contributed by atoms with van der Waals surface area (Å²) in [5.74, 6) is -3.78. The van der Waals surface area contributed by atoms with Crippen molar-refractivity contribution in [3.8, 4) is 17.2 Å². The van der Waals surface area contributed by atoms with Crippen molar-refractivity contribution in [2.75, 3.05) is 20.8 Å². The van der Waals surface area contributed by atoms with Crippen LogP contribution in [0.1, 0.15) is 51.0 Å². The van der Waals surface area contributed by atoms with Gasteiger partial charge in [0.25, 0.3) is 0 Å². The van der Waals surface area contributed by atoms with Crippen molar-refractivity contribution in [1.29, 1.82) is 0 Å². The highest BCUT2D eigenvalue weighted by molar-refractivity contribution is 6.23. The molecule has 2 N–H and O–H groups in total. The number of likely N-dealkylation sites (tertiary alicyclic amines) is 1. The number of allylic oxidation sites excluding steroid dienone is 7. The van der Waals surface area contributed by atoms with E-state index in [4.69, 9.17) is 14.6 Å². The maximum atomic E-state index is 13.7. The molecule has 2 amide bonds. The molecule has 10 heteroatoms. The number of phenolic OH excluding ortho intramolecular Hbond substituents is 1. The third kappa shape index (κ3) is 5.42. The Labute approximate surface area is 249 Å². The molecule has 1 heterocycles. The van der Waals surface area contributed by atoms with Gasteiger partial charge in [0.1, 0.15) is 0 Å². The van der Waals surface area contributed by atoms with E-state index in [0.717, 1.165) is 5.57 Å². The number of aliphatic carboxylic acids is 1. The van der Waals surface area contributed by atoms with Crippen LogP contribution in [0, 0.1) is 23.7 Å². The Balaban J connectivity index is 1.48. The number of hydrogen-bond acceptors (Lipinski definition) is 8. The Kier molecular flexibility index (Phi) is 8.39. The van der Waals surface area contributed by atoms with E-state index in [1.54, 1.807) is 25.1 Å². The van der Waals surface area contributed by atoms with Gasteiger partial charge in [-0.05, 0) is 62.3 Å². The number of Topliss-reactive ketones (excluding diaryl/α,β-unsaturated/α-hetero) is 1. The predicted octanol–water partition coefficient (Wildman–Crippen LogP) is 4.03. The summed E-state index contributed by atoms with van der Waals surface area (Å²) in [7, 11) is 2.85. The molecule has 0 spiro atoms. The van der Waals surface area contributed by atoms with Gasteiger partial charge in [0.05, 0.1) is 26.1 Å². The molecule has 1 aliphatic heterocycles. The molecule has 1 aromatic rings. The normalized spacial score (nSPS) is 25.0. The molecule has 1 fully saturated rings. The van der Waals surface area contributed by atoms with E-state index in [1.807, 2.05) is 12.2 Å². The Hall–Kier alpha value is -4.47. The minimum Gasteiger partial charge on any atom is -0.502 e. The van der Waals surface area contributed by atoms with Gasteiger partial charge >= 0.3 is 5.97 Å². The van der Waals surface area contributed by atoms with Crippen LogP contribution in [-0.4, -0.2) is 65.2 Å². The van der Waals surface area contributed by atoms with Crippen LogP contribution < -0.4 is 9.47 Å². The summed E-state index contributed by atoms with van der Waals surface area (Å²) in [6.07, 6.45) is 9.07. The van der Waals surface area contributed by atoms with Crippen molar-refractivity contribution < 1.29 is 43.7 Å². The first-order chi connectivity index (χ1) is 20.6. The highest BCUT2D eigenvalue weighted by Gasteiger charge is 2.55. The van der Waals surface area contributed by atoms with E-state index in [-0.39, 0.29) is 60.0 Å². The first-order valence-electron chi connectivity index (χ1n) is 14.5. The van der Waals surface area contributed by atoms with E-state index in [1.165, 1.54) is 25.2 Å². The summed E-state index contributed by atoms with van der Waals surface area (Å²) in [6, 6.07) is 3.25. The number of rotatable bonds is 10. The number of carbonyl (C=O) groups is 5.